The van der Waals surface area contributed by atoms with Crippen LogP contribution in [0.5, 0.6) is 11.5 Å². The lowest BCUT2D eigenvalue weighted by Gasteiger charge is -2.20. The minimum atomic E-state index is -0.00178. The average Bonchev–Trinajstić information content (AvgIpc) is 2.64. The van der Waals surface area contributed by atoms with E-state index in [1.54, 1.807) is 7.11 Å². The number of aromatic hydroxyl groups is 1. The molecule has 3 nitrogen and oxygen atoms in total. The summed E-state index contributed by atoms with van der Waals surface area (Å²) in [6.07, 6.45) is 0. The third-order valence-corrected chi connectivity index (χ3v) is 4.10. The maximum absolute atomic E-state index is 10.7. The SMILES string of the molecule is COc1ccccc1C(C)Nc1cccc(-c2ccccc2)c1O. The van der Waals surface area contributed by atoms with Crippen molar-refractivity contribution in [1.29, 1.82) is 0 Å². The summed E-state index contributed by atoms with van der Waals surface area (Å²) in [6.45, 7) is 2.05. The highest BCUT2D eigenvalue weighted by Gasteiger charge is 2.14. The number of phenols is 1. The highest BCUT2D eigenvalue weighted by atomic mass is 16.5. The first kappa shape index (κ1) is 15.9. The van der Waals surface area contributed by atoms with Gasteiger partial charge in [-0.3, -0.25) is 0 Å². The van der Waals surface area contributed by atoms with E-state index in [0.29, 0.717) is 5.69 Å². The predicted octanol–water partition coefficient (Wildman–Crippen LogP) is 5.24. The summed E-state index contributed by atoms with van der Waals surface area (Å²) in [5.74, 6) is 1.08. The summed E-state index contributed by atoms with van der Waals surface area (Å²) in [5, 5.41) is 14.1. The van der Waals surface area contributed by atoms with Crippen molar-refractivity contribution in [3.8, 4) is 22.6 Å². The Labute approximate surface area is 142 Å². The maximum Gasteiger partial charge on any atom is 0.146 e. The lowest BCUT2D eigenvalue weighted by molar-refractivity contribution is 0.408. The van der Waals surface area contributed by atoms with Crippen LogP contribution < -0.4 is 10.1 Å². The Balaban J connectivity index is 1.91. The van der Waals surface area contributed by atoms with Gasteiger partial charge in [-0.25, -0.2) is 0 Å². The molecule has 3 heteroatoms. The van der Waals surface area contributed by atoms with Crippen LogP contribution in [0.1, 0.15) is 18.5 Å². The van der Waals surface area contributed by atoms with E-state index in [9.17, 15) is 5.11 Å². The molecule has 0 heterocycles. The van der Waals surface area contributed by atoms with E-state index in [2.05, 4.69) is 5.32 Å². The van der Waals surface area contributed by atoms with E-state index in [1.165, 1.54) is 0 Å². The molecule has 1 atom stereocenters. The zero-order valence-corrected chi connectivity index (χ0v) is 13.9. The second kappa shape index (κ2) is 7.09. The van der Waals surface area contributed by atoms with Crippen molar-refractivity contribution >= 4 is 5.69 Å². The van der Waals surface area contributed by atoms with Gasteiger partial charge < -0.3 is 15.2 Å². The zero-order valence-electron chi connectivity index (χ0n) is 13.9. The monoisotopic (exact) mass is 319 g/mol. The zero-order chi connectivity index (χ0) is 16.9. The molecule has 0 saturated carbocycles. The number of anilines is 1. The van der Waals surface area contributed by atoms with E-state index < -0.39 is 0 Å². The van der Waals surface area contributed by atoms with Gasteiger partial charge >= 0.3 is 0 Å². The fourth-order valence-corrected chi connectivity index (χ4v) is 2.85. The van der Waals surface area contributed by atoms with E-state index >= 15 is 0 Å². The van der Waals surface area contributed by atoms with Crippen LogP contribution in [0.25, 0.3) is 11.1 Å². The van der Waals surface area contributed by atoms with Crippen LogP contribution in [-0.4, -0.2) is 12.2 Å². The molecule has 3 aromatic rings. The first-order chi connectivity index (χ1) is 11.7. The molecular weight excluding hydrogens is 298 g/mol. The molecule has 0 radical (unpaired) electrons. The van der Waals surface area contributed by atoms with Crippen molar-refractivity contribution in [3.63, 3.8) is 0 Å². The van der Waals surface area contributed by atoms with Crippen molar-refractivity contribution in [1.82, 2.24) is 0 Å². The normalized spacial score (nSPS) is 11.8. The van der Waals surface area contributed by atoms with Gasteiger partial charge in [-0.05, 0) is 24.6 Å². The third kappa shape index (κ3) is 3.20. The largest absolute Gasteiger partial charge is 0.505 e. The summed E-state index contributed by atoms with van der Waals surface area (Å²) < 4.78 is 5.42. The number of hydrogen-bond donors (Lipinski definition) is 2. The summed E-state index contributed by atoms with van der Waals surface area (Å²) in [5.41, 5.74) is 3.55. The van der Waals surface area contributed by atoms with Gasteiger partial charge in [-0.15, -0.1) is 0 Å². The van der Waals surface area contributed by atoms with Crippen molar-refractivity contribution in [2.75, 3.05) is 12.4 Å². The quantitative estimate of drug-likeness (QED) is 0.632. The Hall–Kier alpha value is -2.94. The standard InChI is InChI=1S/C21H21NO2/c1-15(17-11-6-7-14-20(17)24-2)22-19-13-8-12-18(21(19)23)16-9-4-3-5-10-16/h3-15,22-23H,1-2H3. The summed E-state index contributed by atoms with van der Waals surface area (Å²) in [6, 6.07) is 23.5. The molecule has 0 aliphatic carbocycles. The van der Waals surface area contributed by atoms with Crippen LogP contribution in [0.2, 0.25) is 0 Å². The number of phenolic OH excluding ortho intramolecular Hbond substituents is 1. The molecule has 2 N–H and O–H groups in total. The van der Waals surface area contributed by atoms with Crippen LogP contribution in [0.15, 0.2) is 72.8 Å². The molecule has 24 heavy (non-hydrogen) atoms. The van der Waals surface area contributed by atoms with Crippen molar-refractivity contribution in [3.05, 3.63) is 78.4 Å². The number of nitrogens with one attached hydrogen (secondary N) is 1. The summed E-state index contributed by atoms with van der Waals surface area (Å²) >= 11 is 0. The van der Waals surface area contributed by atoms with E-state index in [4.69, 9.17) is 4.74 Å². The molecule has 3 rings (SSSR count). The smallest absolute Gasteiger partial charge is 0.146 e. The fraction of sp³-hybridized carbons (Fsp3) is 0.143. The Bertz CT molecular complexity index is 815. The number of benzene rings is 3. The molecule has 0 bridgehead atoms. The third-order valence-electron chi connectivity index (χ3n) is 4.10. The van der Waals surface area contributed by atoms with Crippen LogP contribution in [0.4, 0.5) is 5.69 Å². The average molecular weight is 319 g/mol. The molecule has 0 fully saturated rings. The van der Waals surface area contributed by atoms with Gasteiger partial charge in [0.25, 0.3) is 0 Å². The minimum absolute atomic E-state index is 0.00178. The van der Waals surface area contributed by atoms with Crippen LogP contribution >= 0.6 is 0 Å². The minimum Gasteiger partial charge on any atom is -0.505 e. The Kier molecular flexibility index (Phi) is 4.71. The Morgan fingerprint density at radius 1 is 0.875 bits per heavy atom. The molecule has 0 spiro atoms. The van der Waals surface area contributed by atoms with Crippen molar-refractivity contribution < 1.29 is 9.84 Å². The lowest BCUT2D eigenvalue weighted by Crippen LogP contribution is -2.08. The van der Waals surface area contributed by atoms with E-state index in [0.717, 1.165) is 22.4 Å². The van der Waals surface area contributed by atoms with Gasteiger partial charge in [0, 0.05) is 11.1 Å². The van der Waals surface area contributed by atoms with Crippen LogP contribution in [0.3, 0.4) is 0 Å². The molecule has 0 amide bonds. The molecule has 122 valence electrons. The van der Waals surface area contributed by atoms with Gasteiger partial charge in [0.05, 0.1) is 18.8 Å². The highest BCUT2D eigenvalue weighted by Crippen LogP contribution is 2.37. The first-order valence-electron chi connectivity index (χ1n) is 7.97. The Morgan fingerprint density at radius 2 is 1.58 bits per heavy atom. The maximum atomic E-state index is 10.7. The molecule has 0 aromatic heterocycles. The molecule has 0 aliphatic rings. The van der Waals surface area contributed by atoms with Gasteiger partial charge in [-0.1, -0.05) is 60.7 Å². The molecule has 1 unspecified atom stereocenters. The van der Waals surface area contributed by atoms with Crippen LogP contribution in [-0.2, 0) is 0 Å². The Morgan fingerprint density at radius 3 is 2.33 bits per heavy atom. The van der Waals surface area contributed by atoms with Gasteiger partial charge in [0.1, 0.15) is 11.5 Å². The number of rotatable bonds is 5. The van der Waals surface area contributed by atoms with Crippen molar-refractivity contribution in [2.45, 2.75) is 13.0 Å². The number of methoxy groups -OCH3 is 1. The second-order valence-corrected chi connectivity index (χ2v) is 5.68. The number of ether oxygens (including phenoxy) is 1. The number of para-hydroxylation sites is 2. The number of hydrogen-bond acceptors (Lipinski definition) is 3. The molecule has 3 aromatic carbocycles. The second-order valence-electron chi connectivity index (χ2n) is 5.68. The van der Waals surface area contributed by atoms with Crippen LogP contribution in [0, 0.1) is 0 Å². The predicted molar refractivity (Wildman–Crippen MR) is 98.6 cm³/mol. The van der Waals surface area contributed by atoms with E-state index in [-0.39, 0.29) is 11.8 Å². The van der Waals surface area contributed by atoms with Gasteiger partial charge in [-0.2, -0.15) is 0 Å². The highest BCUT2D eigenvalue weighted by molar-refractivity contribution is 5.77. The first-order valence-corrected chi connectivity index (χ1v) is 7.97. The molecular formula is C21H21NO2. The van der Waals surface area contributed by atoms with E-state index in [1.807, 2.05) is 79.7 Å². The van der Waals surface area contributed by atoms with Crippen molar-refractivity contribution in [2.24, 2.45) is 0 Å². The van der Waals surface area contributed by atoms with Gasteiger partial charge in [0.15, 0.2) is 0 Å². The topological polar surface area (TPSA) is 41.5 Å². The molecule has 0 saturated heterocycles. The summed E-state index contributed by atoms with van der Waals surface area (Å²) in [7, 11) is 1.67. The molecule has 0 aliphatic heterocycles. The lowest BCUT2D eigenvalue weighted by atomic mass is 10.0. The summed E-state index contributed by atoms with van der Waals surface area (Å²) in [4.78, 5) is 0. The fourth-order valence-electron chi connectivity index (χ4n) is 2.85. The van der Waals surface area contributed by atoms with Gasteiger partial charge in [0.2, 0.25) is 0 Å².